The first-order valence-corrected chi connectivity index (χ1v) is 10.4. The smallest absolute Gasteiger partial charge is 0.0716 e. The van der Waals surface area contributed by atoms with Crippen molar-refractivity contribution in [3.05, 3.63) is 71.8 Å². The van der Waals surface area contributed by atoms with Gasteiger partial charge in [0, 0.05) is 31.8 Å². The van der Waals surface area contributed by atoms with Crippen molar-refractivity contribution in [3.63, 3.8) is 0 Å². The van der Waals surface area contributed by atoms with Crippen LogP contribution in [0.25, 0.3) is 0 Å². The molecule has 27 heavy (non-hydrogen) atoms. The van der Waals surface area contributed by atoms with Crippen LogP contribution in [-0.4, -0.2) is 41.7 Å². The van der Waals surface area contributed by atoms with Crippen LogP contribution in [0.5, 0.6) is 0 Å². The van der Waals surface area contributed by atoms with E-state index in [2.05, 4.69) is 28.1 Å². The Morgan fingerprint density at radius 2 is 1.07 bits per heavy atom. The molecule has 0 aliphatic heterocycles. The van der Waals surface area contributed by atoms with Crippen LogP contribution in [0.3, 0.4) is 0 Å². The number of aliphatic hydroxyl groups is 3. The van der Waals surface area contributed by atoms with Crippen molar-refractivity contribution in [1.82, 2.24) is 0 Å². The lowest BCUT2D eigenvalue weighted by atomic mass is 10.2. The van der Waals surface area contributed by atoms with Gasteiger partial charge in [-0.25, -0.2) is 0 Å². The minimum Gasteiger partial charge on any atom is -0.396 e. The second-order valence-electron chi connectivity index (χ2n) is 5.74. The van der Waals surface area contributed by atoms with Gasteiger partial charge in [-0.1, -0.05) is 76.6 Å². The summed E-state index contributed by atoms with van der Waals surface area (Å²) in [4.78, 5) is 0. The van der Waals surface area contributed by atoms with Gasteiger partial charge >= 0.3 is 0 Å². The van der Waals surface area contributed by atoms with Crippen LogP contribution in [0.1, 0.15) is 36.8 Å². The molecule has 0 atom stereocenters. The molecular weight excluding hydrogens is 408 g/mol. The van der Waals surface area contributed by atoms with E-state index in [-0.39, 0.29) is 19.8 Å². The maximum atomic E-state index is 8.53. The van der Waals surface area contributed by atoms with Gasteiger partial charge < -0.3 is 20.1 Å². The summed E-state index contributed by atoms with van der Waals surface area (Å²) in [7, 11) is 0. The summed E-state index contributed by atoms with van der Waals surface area (Å²) in [6.07, 6.45) is 3.20. The van der Waals surface area contributed by atoms with E-state index < -0.39 is 0 Å². The number of rotatable bonds is 10. The Labute approximate surface area is 172 Å². The number of hydrogen-bond acceptors (Lipinski definition) is 4. The number of unbranched alkanes of at least 4 members (excludes halogenated alkanes) is 2. The third-order valence-corrected chi connectivity index (χ3v) is 4.02. The van der Waals surface area contributed by atoms with Gasteiger partial charge in [0.05, 0.1) is 6.61 Å². The Morgan fingerprint density at radius 1 is 0.630 bits per heavy atom. The minimum atomic E-state index is 0.195. The van der Waals surface area contributed by atoms with E-state index in [1.807, 2.05) is 48.5 Å². The van der Waals surface area contributed by atoms with Gasteiger partial charge in [0.15, 0.2) is 0 Å². The normalized spacial score (nSPS) is 9.63. The third-order valence-electron chi connectivity index (χ3n) is 3.37. The van der Waals surface area contributed by atoms with Gasteiger partial charge in [0.25, 0.3) is 0 Å². The molecule has 152 valence electrons. The molecule has 2 aromatic rings. The Balaban J connectivity index is 0.000000413. The fraction of sp³-hybridized carbons (Fsp3) is 0.455. The lowest BCUT2D eigenvalue weighted by molar-refractivity contribution is 0.112. The van der Waals surface area contributed by atoms with Crippen LogP contribution < -0.4 is 0 Å². The van der Waals surface area contributed by atoms with E-state index in [9.17, 15) is 0 Å². The van der Waals surface area contributed by atoms with E-state index in [0.29, 0.717) is 6.61 Å². The molecule has 0 saturated carbocycles. The van der Waals surface area contributed by atoms with E-state index in [1.54, 1.807) is 0 Å². The molecule has 0 saturated heterocycles. The number of hydrogen-bond donors (Lipinski definition) is 3. The molecule has 0 unspecified atom stereocenters. The summed E-state index contributed by atoms with van der Waals surface area (Å²) in [5.74, 6) is 0. The van der Waals surface area contributed by atoms with Gasteiger partial charge in [-0.3, -0.25) is 0 Å². The van der Waals surface area contributed by atoms with Crippen molar-refractivity contribution >= 4 is 15.9 Å². The van der Waals surface area contributed by atoms with Crippen LogP contribution in [-0.2, 0) is 16.7 Å². The number of halogens is 1. The molecule has 0 fully saturated rings. The average Bonchev–Trinajstić information content (AvgIpc) is 2.74. The zero-order chi connectivity index (χ0) is 20.0. The number of alkyl halides is 1. The molecule has 0 bridgehead atoms. The molecule has 3 N–H and O–H groups in total. The highest BCUT2D eigenvalue weighted by Crippen LogP contribution is 2.02. The van der Waals surface area contributed by atoms with E-state index in [1.165, 1.54) is 11.1 Å². The number of ether oxygens (including phenoxy) is 1. The van der Waals surface area contributed by atoms with Crippen molar-refractivity contribution in [1.29, 1.82) is 0 Å². The molecule has 0 heterocycles. The molecule has 2 aromatic carbocycles. The Morgan fingerprint density at radius 3 is 1.48 bits per heavy atom. The fourth-order valence-corrected chi connectivity index (χ4v) is 2.24. The molecule has 0 amide bonds. The summed E-state index contributed by atoms with van der Waals surface area (Å²) >= 11 is 3.36. The molecule has 2 rings (SSSR count). The van der Waals surface area contributed by atoms with Crippen LogP contribution in [0.4, 0.5) is 0 Å². The average molecular weight is 441 g/mol. The summed E-state index contributed by atoms with van der Waals surface area (Å²) in [6, 6.07) is 20.4. The van der Waals surface area contributed by atoms with Gasteiger partial charge in [-0.05, 0) is 36.8 Å². The highest BCUT2D eigenvalue weighted by molar-refractivity contribution is 9.08. The van der Waals surface area contributed by atoms with E-state index in [0.717, 1.165) is 37.6 Å². The first-order chi connectivity index (χ1) is 13.3. The monoisotopic (exact) mass is 440 g/mol. The van der Waals surface area contributed by atoms with Crippen molar-refractivity contribution in [2.24, 2.45) is 0 Å². The molecule has 0 spiro atoms. The predicted molar refractivity (Wildman–Crippen MR) is 115 cm³/mol. The summed E-state index contributed by atoms with van der Waals surface area (Å²) in [5, 5.41) is 25.7. The fourth-order valence-electron chi connectivity index (χ4n) is 1.87. The maximum Gasteiger partial charge on any atom is 0.0716 e. The number of benzene rings is 2. The maximum absolute atomic E-state index is 8.53. The molecule has 0 aliphatic carbocycles. The highest BCUT2D eigenvalue weighted by Gasteiger charge is 1.91. The largest absolute Gasteiger partial charge is 0.396 e. The molecule has 4 nitrogen and oxygen atoms in total. The molecular formula is C22H33BrO4. The van der Waals surface area contributed by atoms with Gasteiger partial charge in [0.1, 0.15) is 0 Å². The Kier molecular flexibility index (Phi) is 20.1. The Hall–Kier alpha value is -1.24. The van der Waals surface area contributed by atoms with E-state index in [4.69, 9.17) is 20.1 Å². The summed E-state index contributed by atoms with van der Waals surface area (Å²) < 4.78 is 5.41. The minimum absolute atomic E-state index is 0.195. The lowest BCUT2D eigenvalue weighted by Gasteiger charge is -2.02. The zero-order valence-corrected chi connectivity index (χ0v) is 17.6. The summed E-state index contributed by atoms with van der Waals surface area (Å²) in [6.45, 7) is 2.05. The molecule has 5 heteroatoms. The van der Waals surface area contributed by atoms with Gasteiger partial charge in [-0.2, -0.15) is 0 Å². The van der Waals surface area contributed by atoms with Gasteiger partial charge in [0.2, 0.25) is 0 Å². The van der Waals surface area contributed by atoms with Crippen molar-refractivity contribution < 1.29 is 20.1 Å². The molecule has 0 radical (unpaired) electrons. The van der Waals surface area contributed by atoms with Crippen molar-refractivity contribution in [3.8, 4) is 0 Å². The first-order valence-electron chi connectivity index (χ1n) is 9.32. The highest BCUT2D eigenvalue weighted by atomic mass is 79.9. The van der Waals surface area contributed by atoms with Crippen LogP contribution >= 0.6 is 15.9 Å². The van der Waals surface area contributed by atoms with Crippen molar-refractivity contribution in [2.75, 3.05) is 26.4 Å². The first kappa shape index (κ1) is 25.8. The van der Waals surface area contributed by atoms with Crippen LogP contribution in [0.15, 0.2) is 60.7 Å². The van der Waals surface area contributed by atoms with Crippen LogP contribution in [0.2, 0.25) is 0 Å². The quantitative estimate of drug-likeness (QED) is 0.380. The zero-order valence-electron chi connectivity index (χ0n) is 16.0. The van der Waals surface area contributed by atoms with Crippen LogP contribution in [0, 0.1) is 0 Å². The second-order valence-corrected chi connectivity index (χ2v) is 6.30. The van der Waals surface area contributed by atoms with E-state index >= 15 is 0 Å². The molecule has 0 aliphatic rings. The van der Waals surface area contributed by atoms with Crippen molar-refractivity contribution in [2.45, 2.75) is 37.6 Å². The predicted octanol–water partition coefficient (Wildman–Crippen LogP) is 4.31. The SMILES string of the molecule is BrCc1ccccc1.OCCCCO.OCCCCOCc1ccccc1. The lowest BCUT2D eigenvalue weighted by Crippen LogP contribution is -1.96. The number of aliphatic hydroxyl groups excluding tert-OH is 3. The third kappa shape index (κ3) is 17.9. The summed E-state index contributed by atoms with van der Waals surface area (Å²) in [5.41, 5.74) is 2.53. The Bertz CT molecular complexity index is 504. The molecule has 0 aromatic heterocycles. The van der Waals surface area contributed by atoms with Gasteiger partial charge in [-0.15, -0.1) is 0 Å². The standard InChI is InChI=1S/C11H16O2.C7H7Br.C4H10O2/c12-8-4-5-9-13-10-11-6-2-1-3-7-11;8-6-7-4-2-1-3-5-7;5-3-1-2-4-6/h1-3,6-7,12H,4-5,8-10H2;1-5H,6H2;5-6H,1-4H2. The second kappa shape index (κ2) is 21.1. The topological polar surface area (TPSA) is 69.9 Å².